The van der Waals surface area contributed by atoms with Crippen molar-refractivity contribution in [2.24, 2.45) is 0 Å². The van der Waals surface area contributed by atoms with Gasteiger partial charge in [0, 0.05) is 11.9 Å². The van der Waals surface area contributed by atoms with E-state index in [1.807, 2.05) is 0 Å². The van der Waals surface area contributed by atoms with Gasteiger partial charge in [0.15, 0.2) is 0 Å². The van der Waals surface area contributed by atoms with Crippen LogP contribution in [0, 0.1) is 20.8 Å². The third-order valence-corrected chi connectivity index (χ3v) is 4.14. The lowest BCUT2D eigenvalue weighted by atomic mass is 10.1. The van der Waals surface area contributed by atoms with Gasteiger partial charge in [-0.1, -0.05) is 38.1 Å². The maximum Gasteiger partial charge on any atom is 0.141 e. The zero-order chi connectivity index (χ0) is 15.9. The van der Waals surface area contributed by atoms with E-state index in [0.29, 0.717) is 5.92 Å². The Hall–Kier alpha value is -2.29. The van der Waals surface area contributed by atoms with Gasteiger partial charge >= 0.3 is 0 Å². The minimum atomic E-state index is 0.367. The quantitative estimate of drug-likeness (QED) is 0.725. The Morgan fingerprint density at radius 3 is 2.23 bits per heavy atom. The van der Waals surface area contributed by atoms with Gasteiger partial charge in [0.2, 0.25) is 0 Å². The zero-order valence-electron chi connectivity index (χ0n) is 13.9. The van der Waals surface area contributed by atoms with E-state index in [0.717, 1.165) is 17.2 Å². The Morgan fingerprint density at radius 2 is 1.59 bits per heavy atom. The summed E-state index contributed by atoms with van der Waals surface area (Å²) in [5.74, 6) is 1.44. The van der Waals surface area contributed by atoms with Gasteiger partial charge in [-0.25, -0.2) is 4.98 Å². The van der Waals surface area contributed by atoms with Crippen LogP contribution in [0.2, 0.25) is 0 Å². The van der Waals surface area contributed by atoms with Crippen LogP contribution in [0.25, 0.3) is 5.65 Å². The van der Waals surface area contributed by atoms with E-state index in [9.17, 15) is 0 Å². The van der Waals surface area contributed by atoms with E-state index in [4.69, 9.17) is 4.98 Å². The van der Waals surface area contributed by atoms with Crippen molar-refractivity contribution in [2.75, 3.05) is 5.32 Å². The lowest BCUT2D eigenvalue weighted by Gasteiger charge is -2.15. The van der Waals surface area contributed by atoms with E-state index in [-0.39, 0.29) is 0 Å². The Kier molecular flexibility index (Phi) is 3.65. The summed E-state index contributed by atoms with van der Waals surface area (Å²) in [4.78, 5) is 4.87. The van der Waals surface area contributed by atoms with Gasteiger partial charge in [-0.15, -0.1) is 0 Å². The fraction of sp³-hybridized carbons (Fsp3) is 0.316. The highest BCUT2D eigenvalue weighted by molar-refractivity contribution is 5.70. The predicted molar refractivity (Wildman–Crippen MR) is 93.2 cm³/mol. The maximum atomic E-state index is 4.87. The Labute approximate surface area is 132 Å². The van der Waals surface area contributed by atoms with Crippen molar-refractivity contribution in [3.05, 3.63) is 58.9 Å². The van der Waals surface area contributed by atoms with Gasteiger partial charge in [-0.3, -0.25) is 4.40 Å². The number of benzene rings is 1. The lowest BCUT2D eigenvalue weighted by Crippen LogP contribution is -2.02. The van der Waals surface area contributed by atoms with Gasteiger partial charge < -0.3 is 5.32 Å². The first-order valence-corrected chi connectivity index (χ1v) is 7.80. The third-order valence-electron chi connectivity index (χ3n) is 4.14. The first-order chi connectivity index (χ1) is 10.5. The predicted octanol–water partition coefficient (Wildman–Crippen LogP) is 5.13. The number of nitrogens with zero attached hydrogens (tertiary/aromatic N) is 2. The summed E-state index contributed by atoms with van der Waals surface area (Å²) in [7, 11) is 0. The molecule has 1 N–H and O–H groups in total. The Bertz CT molecular complexity index is 808. The van der Waals surface area contributed by atoms with Crippen molar-refractivity contribution in [1.82, 2.24) is 9.38 Å². The molecule has 3 aromatic rings. The van der Waals surface area contributed by atoms with Crippen LogP contribution in [0.5, 0.6) is 0 Å². The minimum Gasteiger partial charge on any atom is -0.339 e. The van der Waals surface area contributed by atoms with Crippen molar-refractivity contribution in [3.8, 4) is 0 Å². The molecule has 0 bridgehead atoms. The summed E-state index contributed by atoms with van der Waals surface area (Å²) in [6.45, 7) is 10.8. The topological polar surface area (TPSA) is 29.3 Å². The molecule has 0 aliphatic heterocycles. The summed E-state index contributed by atoms with van der Waals surface area (Å²) in [5, 5.41) is 3.64. The monoisotopic (exact) mass is 293 g/mol. The molecule has 114 valence electrons. The van der Waals surface area contributed by atoms with Crippen LogP contribution in [0.4, 0.5) is 11.5 Å². The van der Waals surface area contributed by atoms with E-state index in [2.05, 4.69) is 80.9 Å². The molecule has 0 spiro atoms. The standard InChI is InChI=1S/C19H23N3/c1-12(2)16-19(21-17-13(3)8-6-9-14(17)4)22-11-7-10-15(5)18(22)20-16/h6-12,21H,1-5H3. The fourth-order valence-corrected chi connectivity index (χ4v) is 2.88. The van der Waals surface area contributed by atoms with Gasteiger partial charge in [0.1, 0.15) is 11.5 Å². The molecule has 3 nitrogen and oxygen atoms in total. The first-order valence-electron chi connectivity index (χ1n) is 7.80. The van der Waals surface area contributed by atoms with Crippen molar-refractivity contribution < 1.29 is 0 Å². The number of pyridine rings is 1. The van der Waals surface area contributed by atoms with Crippen molar-refractivity contribution in [2.45, 2.75) is 40.5 Å². The number of aromatic nitrogens is 2. The maximum absolute atomic E-state index is 4.87. The van der Waals surface area contributed by atoms with Crippen LogP contribution in [0.1, 0.15) is 42.1 Å². The average molecular weight is 293 g/mol. The number of para-hydroxylation sites is 1. The molecular formula is C19H23N3. The number of hydrogen-bond donors (Lipinski definition) is 1. The SMILES string of the molecule is Cc1cccc(C)c1Nc1c(C(C)C)nc2c(C)cccn12. The van der Waals surface area contributed by atoms with Crippen LogP contribution in [0.15, 0.2) is 36.5 Å². The number of rotatable bonds is 3. The number of nitrogens with one attached hydrogen (secondary N) is 1. The highest BCUT2D eigenvalue weighted by Crippen LogP contribution is 2.31. The molecule has 0 amide bonds. The summed E-state index contributed by atoms with van der Waals surface area (Å²) in [6, 6.07) is 10.6. The molecule has 0 radical (unpaired) electrons. The van der Waals surface area contributed by atoms with Crippen LogP contribution >= 0.6 is 0 Å². The van der Waals surface area contributed by atoms with Crippen molar-refractivity contribution in [1.29, 1.82) is 0 Å². The second-order valence-electron chi connectivity index (χ2n) is 6.28. The van der Waals surface area contributed by atoms with Gasteiger partial charge in [-0.05, 0) is 49.4 Å². The molecule has 2 heterocycles. The van der Waals surface area contributed by atoms with Crippen molar-refractivity contribution in [3.63, 3.8) is 0 Å². The van der Waals surface area contributed by atoms with Gasteiger partial charge in [-0.2, -0.15) is 0 Å². The largest absolute Gasteiger partial charge is 0.339 e. The van der Waals surface area contributed by atoms with E-state index < -0.39 is 0 Å². The second kappa shape index (κ2) is 5.48. The molecule has 0 aliphatic rings. The molecule has 1 aromatic carbocycles. The molecule has 0 fully saturated rings. The average Bonchev–Trinajstić information content (AvgIpc) is 2.83. The molecule has 22 heavy (non-hydrogen) atoms. The minimum absolute atomic E-state index is 0.367. The number of anilines is 2. The van der Waals surface area contributed by atoms with Crippen LogP contribution in [-0.2, 0) is 0 Å². The summed E-state index contributed by atoms with van der Waals surface area (Å²) >= 11 is 0. The highest BCUT2D eigenvalue weighted by Gasteiger charge is 2.17. The van der Waals surface area contributed by atoms with Gasteiger partial charge in [0.05, 0.1) is 5.69 Å². The third kappa shape index (κ3) is 2.37. The van der Waals surface area contributed by atoms with E-state index in [1.54, 1.807) is 0 Å². The zero-order valence-corrected chi connectivity index (χ0v) is 13.9. The van der Waals surface area contributed by atoms with Crippen LogP contribution in [-0.4, -0.2) is 9.38 Å². The number of hydrogen-bond acceptors (Lipinski definition) is 2. The van der Waals surface area contributed by atoms with Crippen LogP contribution in [0.3, 0.4) is 0 Å². The molecule has 0 atom stereocenters. The van der Waals surface area contributed by atoms with E-state index in [1.165, 1.54) is 22.4 Å². The molecule has 0 unspecified atom stereocenters. The summed E-state index contributed by atoms with van der Waals surface area (Å²) < 4.78 is 2.16. The Balaban J connectivity index is 2.21. The lowest BCUT2D eigenvalue weighted by molar-refractivity contribution is 0.837. The smallest absolute Gasteiger partial charge is 0.141 e. The molecule has 3 rings (SSSR count). The molecule has 0 saturated carbocycles. The molecule has 0 aliphatic carbocycles. The Morgan fingerprint density at radius 1 is 0.955 bits per heavy atom. The number of imidazole rings is 1. The number of aryl methyl sites for hydroxylation is 3. The molecule has 3 heteroatoms. The fourth-order valence-electron chi connectivity index (χ4n) is 2.88. The first kappa shape index (κ1) is 14.6. The summed E-state index contributed by atoms with van der Waals surface area (Å²) in [6.07, 6.45) is 2.08. The highest BCUT2D eigenvalue weighted by atomic mass is 15.1. The van der Waals surface area contributed by atoms with Gasteiger partial charge in [0.25, 0.3) is 0 Å². The summed E-state index contributed by atoms with van der Waals surface area (Å²) in [5.41, 5.74) is 7.00. The number of fused-ring (bicyclic) bond motifs is 1. The molecule has 0 saturated heterocycles. The van der Waals surface area contributed by atoms with E-state index >= 15 is 0 Å². The second-order valence-corrected chi connectivity index (χ2v) is 6.28. The van der Waals surface area contributed by atoms with Crippen molar-refractivity contribution >= 4 is 17.2 Å². The van der Waals surface area contributed by atoms with Crippen LogP contribution < -0.4 is 5.32 Å². The molecule has 2 aromatic heterocycles. The normalized spacial score (nSPS) is 11.4. The molecular weight excluding hydrogens is 270 g/mol.